The van der Waals surface area contributed by atoms with Crippen molar-refractivity contribution in [2.24, 2.45) is 11.8 Å². The third-order valence-electron chi connectivity index (χ3n) is 19.6. The van der Waals surface area contributed by atoms with Crippen molar-refractivity contribution in [1.82, 2.24) is 20.4 Å². The number of anilines is 4. The molecule has 3 amide bonds. The van der Waals surface area contributed by atoms with Crippen LogP contribution in [-0.4, -0.2) is 139 Å². The van der Waals surface area contributed by atoms with Crippen molar-refractivity contribution in [2.45, 2.75) is 206 Å². The smallest absolute Gasteiger partial charge is 0.321 e. The minimum Gasteiger partial charge on any atom is -0.480 e. The standard InChI is InChI=1S/C21H29N3O.C20H28N4O.C15H17ClN2O.C11H12N2.C6H13N.C4H7ClO2.ClH/c1-5-18(23-10-6-7-15(2)13-23)20(25)24-14-21(3,4)17-9-8-16(12-22)11-19(17)24;1-5-17(23-9-8-22-14(2)12-23)19(25)24-13-20(3,4)16-7-6-15(11-21)10-18(16)24;1-4-12(16)14(19)18-9-15(2,3)11-6-5-10(8-17)7-13(11)18;1-11(2)7-13-10-5-8(6-12)3-4-9(10)11;1-6-3-2-4-7-5-6;1-2-3(5)4(6)7;/h8-9,11,15,18H,5-7,10,13-14H2,1-4H3;6-7,10,14,17,22H,5,8-9,12-13H2,1-4H3;5-7,12H,4,9H2,1-3H3;3-5,13H,7H2,1-2H3;6-7H,2-5H2,1H3;3H,2H2,1H3,(H,6,7);1H/t15-,18-;14-,17+;12-;;6-;3-;/m011.01./s1. The third kappa shape index (κ3) is 20.4. The van der Waals surface area contributed by atoms with Crippen LogP contribution < -0.4 is 30.7 Å². The molecule has 0 unspecified atom stereocenters. The van der Waals surface area contributed by atoms with Crippen molar-refractivity contribution in [3.05, 3.63) is 117 Å². The van der Waals surface area contributed by atoms with Gasteiger partial charge in [-0.1, -0.05) is 121 Å². The summed E-state index contributed by atoms with van der Waals surface area (Å²) in [5.41, 5.74) is 11.0. The van der Waals surface area contributed by atoms with Gasteiger partial charge < -0.3 is 35.8 Å². The number of likely N-dealkylation sites (tertiary alicyclic amines) is 1. The average molecular weight is 1390 g/mol. The molecule has 0 radical (unpaired) electrons. The van der Waals surface area contributed by atoms with Crippen molar-refractivity contribution < 1.29 is 24.3 Å². The molecule has 20 heteroatoms. The van der Waals surface area contributed by atoms with E-state index in [0.717, 1.165) is 97.5 Å². The van der Waals surface area contributed by atoms with Gasteiger partial charge in [0, 0.05) is 103 Å². The lowest BCUT2D eigenvalue weighted by molar-refractivity contribution is -0.136. The number of nitrogens with one attached hydrogen (secondary N) is 3. The van der Waals surface area contributed by atoms with Gasteiger partial charge >= 0.3 is 5.97 Å². The molecule has 7 aliphatic rings. The van der Waals surface area contributed by atoms with Crippen LogP contribution in [0.4, 0.5) is 22.7 Å². The molecule has 3 saturated heterocycles. The number of carbonyl (C=O) groups excluding carboxylic acids is 3. The van der Waals surface area contributed by atoms with E-state index < -0.39 is 16.7 Å². The lowest BCUT2D eigenvalue weighted by Crippen LogP contribution is -2.57. The van der Waals surface area contributed by atoms with E-state index in [9.17, 15) is 29.7 Å². The van der Waals surface area contributed by atoms with Crippen LogP contribution in [-0.2, 0) is 40.8 Å². The molecule has 526 valence electrons. The summed E-state index contributed by atoms with van der Waals surface area (Å²) in [6.07, 6.45) is 7.94. The summed E-state index contributed by atoms with van der Waals surface area (Å²) in [6.45, 7) is 42.0. The molecule has 0 spiro atoms. The topological polar surface area (TPSA) is 236 Å². The van der Waals surface area contributed by atoms with Crippen LogP contribution in [0, 0.1) is 57.2 Å². The van der Waals surface area contributed by atoms with Crippen LogP contribution in [0.25, 0.3) is 0 Å². The van der Waals surface area contributed by atoms with Crippen LogP contribution in [0.15, 0.2) is 72.8 Å². The van der Waals surface area contributed by atoms with Crippen molar-refractivity contribution in [1.29, 1.82) is 21.0 Å². The molecule has 11 rings (SSSR count). The van der Waals surface area contributed by atoms with Crippen LogP contribution in [0.3, 0.4) is 0 Å². The fraction of sp³-hybridized carbons (Fsp3) is 0.584. The van der Waals surface area contributed by atoms with Crippen molar-refractivity contribution in [2.75, 3.05) is 92.0 Å². The fourth-order valence-electron chi connectivity index (χ4n) is 14.1. The Bertz CT molecular complexity index is 3420. The van der Waals surface area contributed by atoms with E-state index in [1.807, 2.05) is 77.4 Å². The first-order valence-corrected chi connectivity index (χ1v) is 35.5. The number of piperazine rings is 1. The third-order valence-corrected chi connectivity index (χ3v) is 20.6. The summed E-state index contributed by atoms with van der Waals surface area (Å²) < 4.78 is 0. The highest BCUT2D eigenvalue weighted by Gasteiger charge is 2.44. The molecule has 4 aromatic rings. The van der Waals surface area contributed by atoms with Gasteiger partial charge in [0.1, 0.15) is 10.8 Å². The zero-order chi connectivity index (χ0) is 71.0. The number of carboxylic acid groups (broad SMARTS) is 1. The Morgan fingerprint density at radius 1 is 0.536 bits per heavy atom. The second-order valence-electron chi connectivity index (χ2n) is 29.5. The number of halogens is 3. The Balaban J connectivity index is 0.000000222. The van der Waals surface area contributed by atoms with E-state index in [0.29, 0.717) is 61.1 Å². The number of alkyl halides is 2. The van der Waals surface area contributed by atoms with Gasteiger partial charge in [0.25, 0.3) is 0 Å². The number of carboxylic acids is 1. The highest BCUT2D eigenvalue weighted by Crippen LogP contribution is 2.45. The van der Waals surface area contributed by atoms with Crippen molar-refractivity contribution >= 4 is 82.0 Å². The van der Waals surface area contributed by atoms with Gasteiger partial charge in [0.2, 0.25) is 17.7 Å². The lowest BCUT2D eigenvalue weighted by atomic mass is 9.86. The number of aliphatic carboxylic acids is 1. The number of fused-ring (bicyclic) bond motifs is 4. The normalized spacial score (nSPS) is 21.4. The summed E-state index contributed by atoms with van der Waals surface area (Å²) in [5, 5.41) is 53.1. The largest absolute Gasteiger partial charge is 0.480 e. The van der Waals surface area contributed by atoms with E-state index >= 15 is 0 Å². The van der Waals surface area contributed by atoms with E-state index in [-0.39, 0.29) is 63.9 Å². The molecule has 7 aliphatic heterocycles. The SMILES string of the molecule is CC1(C)CNc2cc(C#N)ccc21.CC[C@@H](C(=O)N1CC(C)(C)c2ccc(C#N)cc21)N1CCC[C@H](C)C1.CC[C@@H](C(=O)N1CC(C)(C)c2ccc(C#N)cc21)N1CCN[C@H](C)C1.CC[C@@H](Cl)C(=O)N1CC(C)(C)c2ccc(C#N)cc21.CC[C@@H](Cl)C(=O)O.C[C@H]1CCCNC1.Cl. The van der Waals surface area contributed by atoms with Gasteiger partial charge in [0.15, 0.2) is 0 Å². The number of nitrogens with zero attached hydrogens (tertiary/aromatic N) is 9. The van der Waals surface area contributed by atoms with Gasteiger partial charge in [-0.15, -0.1) is 35.6 Å². The predicted molar refractivity (Wildman–Crippen MR) is 395 cm³/mol. The molecule has 97 heavy (non-hydrogen) atoms. The Morgan fingerprint density at radius 2 is 0.948 bits per heavy atom. The Hall–Kier alpha value is -6.77. The first kappa shape index (κ1) is 80.9. The zero-order valence-corrected chi connectivity index (χ0v) is 62.5. The summed E-state index contributed by atoms with van der Waals surface area (Å²) in [5.74, 6) is 0.920. The van der Waals surface area contributed by atoms with Crippen LogP contribution in [0.1, 0.15) is 200 Å². The number of amides is 3. The molecule has 7 heterocycles. The number of hydrogen-bond donors (Lipinski definition) is 4. The lowest BCUT2D eigenvalue weighted by Gasteiger charge is -2.38. The van der Waals surface area contributed by atoms with Gasteiger partial charge in [0.05, 0.1) is 58.6 Å². The highest BCUT2D eigenvalue weighted by molar-refractivity contribution is 6.33. The highest BCUT2D eigenvalue weighted by atomic mass is 35.5. The van der Waals surface area contributed by atoms with Crippen LogP contribution in [0.2, 0.25) is 0 Å². The Morgan fingerprint density at radius 3 is 1.30 bits per heavy atom. The Labute approximate surface area is 595 Å². The maximum atomic E-state index is 13.4. The van der Waals surface area contributed by atoms with Gasteiger partial charge in [-0.05, 0) is 161 Å². The number of nitriles is 4. The molecule has 7 atom stereocenters. The summed E-state index contributed by atoms with van der Waals surface area (Å²) in [7, 11) is 0. The van der Waals surface area contributed by atoms with Crippen LogP contribution >= 0.6 is 35.6 Å². The summed E-state index contributed by atoms with van der Waals surface area (Å²) in [6, 6.07) is 31.8. The molecule has 4 N–H and O–H groups in total. The van der Waals surface area contributed by atoms with Gasteiger partial charge in [-0.2, -0.15) is 21.0 Å². The molecule has 3 fully saturated rings. The second kappa shape index (κ2) is 35.8. The van der Waals surface area contributed by atoms with Crippen LogP contribution in [0.5, 0.6) is 0 Å². The molecular formula is C77H107Cl3N12O5. The summed E-state index contributed by atoms with van der Waals surface area (Å²) in [4.78, 5) is 59.2. The maximum absolute atomic E-state index is 13.4. The number of rotatable bonds is 10. The quantitative estimate of drug-likeness (QED) is 0.108. The van der Waals surface area contributed by atoms with E-state index in [4.69, 9.17) is 38.8 Å². The maximum Gasteiger partial charge on any atom is 0.321 e. The molecule has 0 bridgehead atoms. The molecule has 0 aliphatic carbocycles. The zero-order valence-electron chi connectivity index (χ0n) is 60.2. The van der Waals surface area contributed by atoms with Gasteiger partial charge in [-0.3, -0.25) is 29.0 Å². The Kier molecular flexibility index (Phi) is 29.9. The predicted octanol–water partition coefficient (Wildman–Crippen LogP) is 13.9. The molecular weight excluding hydrogens is 1280 g/mol. The number of hydrogen-bond acceptors (Lipinski definition) is 13. The first-order valence-electron chi connectivity index (χ1n) is 34.7. The van der Waals surface area contributed by atoms with E-state index in [1.165, 1.54) is 49.9 Å². The van der Waals surface area contributed by atoms with E-state index in [1.54, 1.807) is 24.0 Å². The fourth-order valence-corrected chi connectivity index (χ4v) is 14.2. The number of piperidine rings is 2. The molecule has 17 nitrogen and oxygen atoms in total. The van der Waals surface area contributed by atoms with E-state index in [2.05, 4.69) is 140 Å². The first-order chi connectivity index (χ1) is 45.3. The second-order valence-corrected chi connectivity index (χ2v) is 30.6. The molecule has 0 saturated carbocycles. The van der Waals surface area contributed by atoms with Crippen molar-refractivity contribution in [3.8, 4) is 24.3 Å². The monoisotopic (exact) mass is 1380 g/mol. The number of carbonyl (C=O) groups is 4. The average Bonchev–Trinajstić information content (AvgIpc) is 1.64. The minimum atomic E-state index is -0.941. The molecule has 0 aromatic heterocycles. The number of benzene rings is 4. The minimum absolute atomic E-state index is 0. The van der Waals surface area contributed by atoms with Crippen molar-refractivity contribution in [3.63, 3.8) is 0 Å². The summed E-state index contributed by atoms with van der Waals surface area (Å²) >= 11 is 11.3. The molecule has 4 aromatic carbocycles. The van der Waals surface area contributed by atoms with Gasteiger partial charge in [-0.25, -0.2) is 0 Å².